The molecular weight excluding hydrogens is 864 g/mol. The number of carbonyl (C=O) groups excluding carboxylic acids is 2. The van der Waals surface area contributed by atoms with E-state index >= 15 is 0 Å². The van der Waals surface area contributed by atoms with Crippen LogP contribution in [0.15, 0.2) is 48.6 Å². The number of hydrogen-bond donors (Lipinski definition) is 6. The molecule has 0 saturated heterocycles. The van der Waals surface area contributed by atoms with Gasteiger partial charge in [0, 0.05) is 12.8 Å². The first-order valence-corrected chi connectivity index (χ1v) is 27.4. The van der Waals surface area contributed by atoms with E-state index < -0.39 is 75.7 Å². The van der Waals surface area contributed by atoms with E-state index in [1.54, 1.807) is 0 Å². The van der Waals surface area contributed by atoms with Crippen LogP contribution in [0.4, 0.5) is 0 Å². The Kier molecular flexibility index (Phi) is 39.1. The molecule has 66 heavy (non-hydrogen) atoms. The molecule has 0 bridgehead atoms. The Balaban J connectivity index is 2.44. The van der Waals surface area contributed by atoms with Crippen molar-refractivity contribution >= 4 is 19.8 Å². The molecule has 0 aliphatic heterocycles. The first-order valence-electron chi connectivity index (χ1n) is 25.9. The largest absolute Gasteiger partial charge is 0.472 e. The van der Waals surface area contributed by atoms with Crippen LogP contribution in [0.2, 0.25) is 0 Å². The number of rotatable bonds is 43. The zero-order valence-electron chi connectivity index (χ0n) is 41.0. The average Bonchev–Trinajstić information content (AvgIpc) is 3.30. The number of esters is 2. The van der Waals surface area contributed by atoms with Crippen LogP contribution in [0.25, 0.3) is 0 Å². The predicted octanol–water partition coefficient (Wildman–Crippen LogP) is 11.1. The van der Waals surface area contributed by atoms with Crippen LogP contribution in [-0.4, -0.2) is 98.3 Å². The molecule has 8 atom stereocenters. The number of aliphatic hydroxyl groups is 5. The van der Waals surface area contributed by atoms with E-state index in [1.165, 1.54) is 116 Å². The van der Waals surface area contributed by atoms with Crippen molar-refractivity contribution < 1.29 is 63.1 Å². The molecule has 0 radical (unpaired) electrons. The summed E-state index contributed by atoms with van der Waals surface area (Å²) in [6, 6.07) is 0. The molecule has 384 valence electrons. The Labute approximate surface area is 399 Å². The van der Waals surface area contributed by atoms with Crippen molar-refractivity contribution in [1.82, 2.24) is 0 Å². The molecule has 0 aromatic heterocycles. The van der Waals surface area contributed by atoms with E-state index in [0.717, 1.165) is 51.4 Å². The minimum atomic E-state index is -5.13. The van der Waals surface area contributed by atoms with Gasteiger partial charge in [-0.2, -0.15) is 0 Å². The van der Waals surface area contributed by atoms with E-state index in [0.29, 0.717) is 19.3 Å². The summed E-state index contributed by atoms with van der Waals surface area (Å²) in [4.78, 5) is 35.8. The van der Waals surface area contributed by atoms with Crippen LogP contribution in [0.3, 0.4) is 0 Å². The van der Waals surface area contributed by atoms with Gasteiger partial charge in [-0.15, -0.1) is 0 Å². The van der Waals surface area contributed by atoms with Gasteiger partial charge in [0.25, 0.3) is 0 Å². The second kappa shape index (κ2) is 41.8. The summed E-state index contributed by atoms with van der Waals surface area (Å²) < 4.78 is 33.6. The zero-order chi connectivity index (χ0) is 48.5. The Bertz CT molecular complexity index is 1340. The highest BCUT2D eigenvalue weighted by atomic mass is 31.2. The fraction of sp³-hybridized carbons (Fsp3) is 0.808. The SMILES string of the molecule is CCCCCCCCC/C=C/C/C=C/C/C=C/C/C=C/CCCC(=O)OC[C@@H](COP(=O)(O)OC1C(O)C(O)C(O)[C@H](O)C1O)OC(=O)CCCCCCCCCCCCCCCCCC. The summed E-state index contributed by atoms with van der Waals surface area (Å²) >= 11 is 0. The minimum Gasteiger partial charge on any atom is -0.462 e. The van der Waals surface area contributed by atoms with E-state index in [1.807, 2.05) is 12.2 Å². The van der Waals surface area contributed by atoms with Gasteiger partial charge in [-0.1, -0.05) is 197 Å². The van der Waals surface area contributed by atoms with Crippen LogP contribution < -0.4 is 0 Å². The maximum Gasteiger partial charge on any atom is 0.472 e. The first-order chi connectivity index (χ1) is 31.9. The highest BCUT2D eigenvalue weighted by Gasteiger charge is 2.51. The summed E-state index contributed by atoms with van der Waals surface area (Å²) in [5, 5.41) is 50.2. The van der Waals surface area contributed by atoms with E-state index in [9.17, 15) is 44.6 Å². The molecule has 1 aliphatic carbocycles. The molecule has 0 spiro atoms. The van der Waals surface area contributed by atoms with Gasteiger partial charge >= 0.3 is 19.8 Å². The molecular formula is C52H93O13P. The third kappa shape index (κ3) is 33.3. The van der Waals surface area contributed by atoms with Gasteiger partial charge in [0.2, 0.25) is 0 Å². The van der Waals surface area contributed by atoms with Gasteiger partial charge < -0.3 is 39.9 Å². The number of phosphoric ester groups is 1. The molecule has 1 rings (SSSR count). The average molecular weight is 957 g/mol. The summed E-state index contributed by atoms with van der Waals surface area (Å²) in [6.07, 6.45) is 37.4. The Morgan fingerprint density at radius 1 is 0.470 bits per heavy atom. The lowest BCUT2D eigenvalue weighted by atomic mass is 9.85. The third-order valence-electron chi connectivity index (χ3n) is 11.9. The van der Waals surface area contributed by atoms with Crippen LogP contribution in [0.1, 0.15) is 213 Å². The number of allylic oxidation sites excluding steroid dienone is 8. The number of hydrogen-bond acceptors (Lipinski definition) is 12. The molecule has 14 heteroatoms. The van der Waals surface area contributed by atoms with E-state index in [4.69, 9.17) is 18.5 Å². The normalized spacial score (nSPS) is 21.6. The smallest absolute Gasteiger partial charge is 0.462 e. The molecule has 1 fully saturated rings. The molecule has 0 aromatic rings. The third-order valence-corrected chi connectivity index (χ3v) is 12.9. The second-order valence-electron chi connectivity index (χ2n) is 18.0. The fourth-order valence-electron chi connectivity index (χ4n) is 7.75. The summed E-state index contributed by atoms with van der Waals surface area (Å²) in [7, 11) is -5.13. The summed E-state index contributed by atoms with van der Waals surface area (Å²) in [5.74, 6) is -1.16. The summed E-state index contributed by atoms with van der Waals surface area (Å²) in [5.41, 5.74) is 0. The number of aliphatic hydroxyl groups excluding tert-OH is 5. The topological polar surface area (TPSA) is 210 Å². The molecule has 0 aromatic carbocycles. The van der Waals surface area contributed by atoms with Gasteiger partial charge in [0.15, 0.2) is 6.10 Å². The lowest BCUT2D eigenvalue weighted by molar-refractivity contribution is -0.220. The van der Waals surface area contributed by atoms with Crippen LogP contribution in [-0.2, 0) is 32.7 Å². The van der Waals surface area contributed by atoms with Crippen LogP contribution in [0.5, 0.6) is 0 Å². The van der Waals surface area contributed by atoms with Gasteiger partial charge in [-0.25, -0.2) is 4.57 Å². The molecule has 6 N–H and O–H groups in total. The van der Waals surface area contributed by atoms with Crippen molar-refractivity contribution in [3.63, 3.8) is 0 Å². The lowest BCUT2D eigenvalue weighted by Crippen LogP contribution is -2.64. The van der Waals surface area contributed by atoms with Gasteiger partial charge in [-0.05, 0) is 51.4 Å². The van der Waals surface area contributed by atoms with Crippen molar-refractivity contribution in [2.45, 2.75) is 256 Å². The van der Waals surface area contributed by atoms with Gasteiger partial charge in [-0.3, -0.25) is 18.6 Å². The van der Waals surface area contributed by atoms with Crippen LogP contribution in [0, 0.1) is 0 Å². The highest BCUT2D eigenvalue weighted by Crippen LogP contribution is 2.47. The standard InChI is InChI=1S/C52H93O13P/c1-3-5-7-9-11-13-15-17-19-21-22-23-24-25-27-28-30-32-34-36-38-40-45(53)62-42-44(43-63-66(60,61)65-52-50(58)48(56)47(55)49(57)51(52)59)64-46(54)41-39-37-35-33-31-29-26-20-18-16-14-12-10-8-6-4-2/h19,21,23-24,27-28,32,34,44,47-52,55-59H,3-18,20,22,25-26,29-31,33,35-43H2,1-2H3,(H,60,61)/b21-19+,24-23+,28-27+,34-32+/t44-,47?,48-,49?,50?,51?,52?/m0/s1. The van der Waals surface area contributed by atoms with Crippen LogP contribution >= 0.6 is 7.82 Å². The van der Waals surface area contributed by atoms with Gasteiger partial charge in [0.1, 0.15) is 43.2 Å². The van der Waals surface area contributed by atoms with Crippen molar-refractivity contribution in [2.24, 2.45) is 0 Å². The van der Waals surface area contributed by atoms with Crippen molar-refractivity contribution in [2.75, 3.05) is 13.2 Å². The summed E-state index contributed by atoms with van der Waals surface area (Å²) in [6.45, 7) is 3.28. The molecule has 6 unspecified atom stereocenters. The molecule has 0 amide bonds. The van der Waals surface area contributed by atoms with E-state index in [-0.39, 0.29) is 12.8 Å². The maximum absolute atomic E-state index is 12.8. The second-order valence-corrected chi connectivity index (χ2v) is 19.4. The molecule has 0 heterocycles. The molecule has 1 aliphatic rings. The monoisotopic (exact) mass is 957 g/mol. The highest BCUT2D eigenvalue weighted by molar-refractivity contribution is 7.47. The number of unbranched alkanes of at least 4 members (excludes halogenated alkanes) is 23. The first kappa shape index (κ1) is 61.8. The zero-order valence-corrected chi connectivity index (χ0v) is 41.9. The molecule has 13 nitrogen and oxygen atoms in total. The maximum atomic E-state index is 12.8. The van der Waals surface area contributed by atoms with E-state index in [2.05, 4.69) is 50.3 Å². The Morgan fingerprint density at radius 2 is 0.833 bits per heavy atom. The predicted molar refractivity (Wildman–Crippen MR) is 263 cm³/mol. The Morgan fingerprint density at radius 3 is 1.29 bits per heavy atom. The number of ether oxygens (including phenoxy) is 2. The lowest BCUT2D eigenvalue weighted by Gasteiger charge is -2.41. The van der Waals surface area contributed by atoms with Gasteiger partial charge in [0.05, 0.1) is 6.61 Å². The fourth-order valence-corrected chi connectivity index (χ4v) is 8.72. The van der Waals surface area contributed by atoms with Crippen molar-refractivity contribution in [3.8, 4) is 0 Å². The number of phosphoric acid groups is 1. The molecule has 1 saturated carbocycles. The van der Waals surface area contributed by atoms with Crippen molar-refractivity contribution in [1.29, 1.82) is 0 Å². The Hall–Kier alpha value is -2.19. The van der Waals surface area contributed by atoms with Crippen molar-refractivity contribution in [3.05, 3.63) is 48.6 Å². The minimum absolute atomic E-state index is 0.0873. The number of carbonyl (C=O) groups is 2. The quantitative estimate of drug-likeness (QED) is 0.0146.